The molecular weight excluding hydrogens is 258 g/mol. The fourth-order valence-electron chi connectivity index (χ4n) is 2.07. The Hall–Kier alpha value is -1.73. The Morgan fingerprint density at radius 3 is 2.80 bits per heavy atom. The van der Waals surface area contributed by atoms with Gasteiger partial charge < -0.3 is 15.0 Å². The van der Waals surface area contributed by atoms with Gasteiger partial charge in [-0.2, -0.15) is 0 Å². The van der Waals surface area contributed by atoms with Gasteiger partial charge in [0.2, 0.25) is 0 Å². The molecule has 0 unspecified atom stereocenters. The molecule has 0 radical (unpaired) electrons. The first-order chi connectivity index (χ1) is 9.69. The lowest BCUT2D eigenvalue weighted by Gasteiger charge is -2.32. The van der Waals surface area contributed by atoms with E-state index < -0.39 is 5.97 Å². The van der Waals surface area contributed by atoms with Crippen molar-refractivity contribution in [2.24, 2.45) is 0 Å². The first kappa shape index (κ1) is 14.7. The summed E-state index contributed by atoms with van der Waals surface area (Å²) in [7, 11) is 3.47. The van der Waals surface area contributed by atoms with Gasteiger partial charge in [0.1, 0.15) is 5.82 Å². The molecule has 0 saturated carbocycles. The molecule has 7 heteroatoms. The molecule has 1 aromatic heterocycles. The minimum atomic E-state index is -0.472. The Bertz CT molecular complexity index is 446. The van der Waals surface area contributed by atoms with E-state index in [0.29, 0.717) is 5.82 Å². The summed E-state index contributed by atoms with van der Waals surface area (Å²) in [5.74, 6) is 0.127. The van der Waals surface area contributed by atoms with E-state index in [-0.39, 0.29) is 5.69 Å². The summed E-state index contributed by atoms with van der Waals surface area (Å²) < 4.78 is 4.62. The molecule has 0 aromatic carbocycles. The standard InChI is InChI=1S/C13H21N5O2/c1-17-5-7-18(8-6-17)4-3-15-12-10-14-9-11(16-12)13(19)20-2/h9-10H,3-8H2,1-2H3,(H,15,16). The highest BCUT2D eigenvalue weighted by molar-refractivity contribution is 5.87. The Labute approximate surface area is 118 Å². The van der Waals surface area contributed by atoms with Crippen molar-refractivity contribution in [2.45, 2.75) is 0 Å². The predicted octanol–water partition coefficient (Wildman–Crippen LogP) is -0.0775. The SMILES string of the molecule is COC(=O)c1cncc(NCCN2CCN(C)CC2)n1. The number of aromatic nitrogens is 2. The van der Waals surface area contributed by atoms with Gasteiger partial charge in [-0.05, 0) is 7.05 Å². The Balaban J connectivity index is 1.78. The summed E-state index contributed by atoms with van der Waals surface area (Å²) in [6, 6.07) is 0. The molecule has 1 fully saturated rings. The monoisotopic (exact) mass is 279 g/mol. The fraction of sp³-hybridized carbons (Fsp3) is 0.615. The maximum absolute atomic E-state index is 11.4. The van der Waals surface area contributed by atoms with Crippen LogP contribution in [0, 0.1) is 0 Å². The lowest BCUT2D eigenvalue weighted by Crippen LogP contribution is -2.45. The van der Waals surface area contributed by atoms with Gasteiger partial charge in [-0.25, -0.2) is 9.78 Å². The van der Waals surface area contributed by atoms with E-state index in [1.54, 1.807) is 6.20 Å². The third kappa shape index (κ3) is 4.14. The average Bonchev–Trinajstić information content (AvgIpc) is 2.49. The highest BCUT2D eigenvalue weighted by Gasteiger charge is 2.13. The molecule has 1 aliphatic heterocycles. The molecule has 0 spiro atoms. The molecule has 2 rings (SSSR count). The zero-order valence-electron chi connectivity index (χ0n) is 12.0. The van der Waals surface area contributed by atoms with Crippen LogP contribution in [0.15, 0.2) is 12.4 Å². The second-order valence-electron chi connectivity index (χ2n) is 4.85. The van der Waals surface area contributed by atoms with E-state index in [1.807, 2.05) is 0 Å². The average molecular weight is 279 g/mol. The van der Waals surface area contributed by atoms with E-state index in [0.717, 1.165) is 39.3 Å². The van der Waals surface area contributed by atoms with Crippen LogP contribution in [-0.4, -0.2) is 79.2 Å². The number of likely N-dealkylation sites (N-methyl/N-ethyl adjacent to an activating group) is 1. The Kier molecular flexibility index (Phi) is 5.25. The molecule has 1 N–H and O–H groups in total. The number of methoxy groups -OCH3 is 1. The van der Waals surface area contributed by atoms with Gasteiger partial charge in [0.15, 0.2) is 5.69 Å². The Morgan fingerprint density at radius 1 is 1.35 bits per heavy atom. The summed E-state index contributed by atoms with van der Waals surface area (Å²) in [5, 5.41) is 3.19. The predicted molar refractivity (Wildman–Crippen MR) is 75.8 cm³/mol. The number of rotatable bonds is 5. The molecule has 2 heterocycles. The van der Waals surface area contributed by atoms with Crippen LogP contribution in [0.2, 0.25) is 0 Å². The topological polar surface area (TPSA) is 70.6 Å². The minimum Gasteiger partial charge on any atom is -0.464 e. The van der Waals surface area contributed by atoms with Crippen molar-refractivity contribution >= 4 is 11.8 Å². The number of anilines is 1. The van der Waals surface area contributed by atoms with Crippen LogP contribution in [0.5, 0.6) is 0 Å². The molecule has 1 saturated heterocycles. The summed E-state index contributed by atoms with van der Waals surface area (Å²) in [6.45, 7) is 6.13. The Morgan fingerprint density at radius 2 is 2.10 bits per heavy atom. The number of carbonyl (C=O) groups is 1. The molecule has 110 valence electrons. The van der Waals surface area contributed by atoms with Crippen molar-refractivity contribution in [3.63, 3.8) is 0 Å². The molecule has 0 bridgehead atoms. The van der Waals surface area contributed by atoms with E-state index in [9.17, 15) is 4.79 Å². The van der Waals surface area contributed by atoms with Gasteiger partial charge in [-0.15, -0.1) is 0 Å². The van der Waals surface area contributed by atoms with Crippen molar-refractivity contribution in [1.29, 1.82) is 0 Å². The maximum Gasteiger partial charge on any atom is 0.358 e. The maximum atomic E-state index is 11.4. The highest BCUT2D eigenvalue weighted by atomic mass is 16.5. The minimum absolute atomic E-state index is 0.220. The van der Waals surface area contributed by atoms with Crippen molar-refractivity contribution in [3.8, 4) is 0 Å². The number of carbonyl (C=O) groups excluding carboxylic acids is 1. The third-order valence-electron chi connectivity index (χ3n) is 3.36. The van der Waals surface area contributed by atoms with E-state index in [2.05, 4.69) is 36.9 Å². The van der Waals surface area contributed by atoms with Gasteiger partial charge in [-0.1, -0.05) is 0 Å². The zero-order valence-corrected chi connectivity index (χ0v) is 12.0. The smallest absolute Gasteiger partial charge is 0.358 e. The third-order valence-corrected chi connectivity index (χ3v) is 3.36. The molecule has 0 aliphatic carbocycles. The first-order valence-electron chi connectivity index (χ1n) is 6.74. The number of esters is 1. The molecule has 7 nitrogen and oxygen atoms in total. The van der Waals surface area contributed by atoms with Crippen LogP contribution in [0.1, 0.15) is 10.5 Å². The van der Waals surface area contributed by atoms with Crippen LogP contribution >= 0.6 is 0 Å². The fourth-order valence-corrected chi connectivity index (χ4v) is 2.07. The van der Waals surface area contributed by atoms with Gasteiger partial charge in [0.05, 0.1) is 19.5 Å². The number of hydrogen-bond acceptors (Lipinski definition) is 7. The zero-order chi connectivity index (χ0) is 14.4. The van der Waals surface area contributed by atoms with Crippen LogP contribution in [0.3, 0.4) is 0 Å². The second-order valence-corrected chi connectivity index (χ2v) is 4.85. The second kappa shape index (κ2) is 7.16. The lowest BCUT2D eigenvalue weighted by molar-refractivity contribution is 0.0593. The largest absolute Gasteiger partial charge is 0.464 e. The number of nitrogens with one attached hydrogen (secondary N) is 1. The highest BCUT2D eigenvalue weighted by Crippen LogP contribution is 2.04. The van der Waals surface area contributed by atoms with Crippen LogP contribution < -0.4 is 5.32 Å². The van der Waals surface area contributed by atoms with Crippen molar-refractivity contribution in [2.75, 3.05) is 58.7 Å². The van der Waals surface area contributed by atoms with Gasteiger partial charge in [0.25, 0.3) is 0 Å². The molecular formula is C13H21N5O2. The molecule has 1 aromatic rings. The summed E-state index contributed by atoms with van der Waals surface area (Å²) in [6.07, 6.45) is 3.01. The number of ether oxygens (including phenoxy) is 1. The number of hydrogen-bond donors (Lipinski definition) is 1. The van der Waals surface area contributed by atoms with Crippen LogP contribution in [0.25, 0.3) is 0 Å². The first-order valence-corrected chi connectivity index (χ1v) is 6.74. The number of piperazine rings is 1. The van der Waals surface area contributed by atoms with Crippen LogP contribution in [-0.2, 0) is 4.74 Å². The quantitative estimate of drug-likeness (QED) is 0.756. The van der Waals surface area contributed by atoms with E-state index in [4.69, 9.17) is 0 Å². The molecule has 20 heavy (non-hydrogen) atoms. The van der Waals surface area contributed by atoms with Crippen molar-refractivity contribution < 1.29 is 9.53 Å². The summed E-state index contributed by atoms with van der Waals surface area (Å²) in [5.41, 5.74) is 0.220. The van der Waals surface area contributed by atoms with Gasteiger partial charge in [-0.3, -0.25) is 9.88 Å². The van der Waals surface area contributed by atoms with E-state index in [1.165, 1.54) is 13.3 Å². The van der Waals surface area contributed by atoms with Crippen molar-refractivity contribution in [3.05, 3.63) is 18.1 Å². The number of nitrogens with zero attached hydrogens (tertiary/aromatic N) is 4. The molecule has 0 atom stereocenters. The van der Waals surface area contributed by atoms with Gasteiger partial charge >= 0.3 is 5.97 Å². The van der Waals surface area contributed by atoms with Crippen LogP contribution in [0.4, 0.5) is 5.82 Å². The summed E-state index contributed by atoms with van der Waals surface area (Å²) >= 11 is 0. The lowest BCUT2D eigenvalue weighted by atomic mass is 10.3. The van der Waals surface area contributed by atoms with E-state index >= 15 is 0 Å². The molecule has 0 amide bonds. The molecule has 1 aliphatic rings. The normalized spacial score (nSPS) is 16.9. The van der Waals surface area contributed by atoms with Crippen molar-refractivity contribution in [1.82, 2.24) is 19.8 Å². The summed E-state index contributed by atoms with van der Waals surface area (Å²) in [4.78, 5) is 24.2. The van der Waals surface area contributed by atoms with Gasteiger partial charge in [0, 0.05) is 39.3 Å².